The lowest BCUT2D eigenvalue weighted by Gasteiger charge is -2.13. The quantitative estimate of drug-likeness (QED) is 0.861. The van der Waals surface area contributed by atoms with Gasteiger partial charge in [-0.25, -0.2) is 4.79 Å². The maximum absolute atomic E-state index is 12.6. The number of alkyl halides is 3. The Morgan fingerprint density at radius 3 is 2.50 bits per heavy atom. The second kappa shape index (κ2) is 6.56. The van der Waals surface area contributed by atoms with Gasteiger partial charge in [-0.15, -0.1) is 0 Å². The summed E-state index contributed by atoms with van der Waals surface area (Å²) < 4.78 is 42.8. The summed E-state index contributed by atoms with van der Waals surface area (Å²) in [4.78, 5) is 14.4. The first kappa shape index (κ1) is 17.9. The maximum atomic E-state index is 12.6. The normalized spacial score (nSPS) is 12.7. The second-order valence-electron chi connectivity index (χ2n) is 4.83. The fourth-order valence-electron chi connectivity index (χ4n) is 1.81. The number of pyridine rings is 1. The van der Waals surface area contributed by atoms with Crippen molar-refractivity contribution in [2.24, 2.45) is 0 Å². The van der Waals surface area contributed by atoms with E-state index in [0.717, 1.165) is 6.07 Å². The third-order valence-electron chi connectivity index (χ3n) is 3.05. The Kier molecular flexibility index (Phi) is 4.88. The molecule has 1 aromatic heterocycles. The molecule has 0 bridgehead atoms. The van der Waals surface area contributed by atoms with E-state index in [0.29, 0.717) is 6.20 Å². The lowest BCUT2D eigenvalue weighted by atomic mass is 10.1. The average molecular weight is 362 g/mol. The molecule has 24 heavy (non-hydrogen) atoms. The number of hydrogen-bond donors (Lipinski definition) is 2. The zero-order chi connectivity index (χ0) is 18.1. The van der Waals surface area contributed by atoms with Gasteiger partial charge in [0.05, 0.1) is 16.3 Å². The third kappa shape index (κ3) is 3.88. The van der Waals surface area contributed by atoms with Gasteiger partial charge in [-0.1, -0.05) is 11.6 Å². The zero-order valence-electron chi connectivity index (χ0n) is 12.1. The van der Waals surface area contributed by atoms with Crippen LogP contribution < -0.4 is 4.74 Å². The topological polar surface area (TPSA) is 79.7 Å². The van der Waals surface area contributed by atoms with E-state index in [1.165, 1.54) is 25.1 Å². The number of carboxylic acids is 1. The summed E-state index contributed by atoms with van der Waals surface area (Å²) in [5.74, 6) is -1.69. The molecule has 2 aromatic rings. The number of nitrogens with zero attached hydrogens (tertiary/aromatic N) is 1. The average Bonchev–Trinajstić information content (AvgIpc) is 2.48. The summed E-state index contributed by atoms with van der Waals surface area (Å²) in [6.45, 7) is 1.28. The van der Waals surface area contributed by atoms with E-state index < -0.39 is 29.6 Å². The predicted octanol–water partition coefficient (Wildman–Crippen LogP) is 3.98. The van der Waals surface area contributed by atoms with Crippen LogP contribution in [-0.2, 0) is 11.0 Å². The number of benzene rings is 1. The highest BCUT2D eigenvalue weighted by Gasteiger charge is 2.31. The van der Waals surface area contributed by atoms with Gasteiger partial charge in [0.25, 0.3) is 0 Å². The molecule has 2 N–H and O–H groups in total. The third-order valence-corrected chi connectivity index (χ3v) is 3.34. The lowest BCUT2D eigenvalue weighted by molar-refractivity contribution is -0.144. The summed E-state index contributed by atoms with van der Waals surface area (Å²) in [7, 11) is 0. The number of hydrogen-bond acceptors (Lipinski definition) is 4. The number of aliphatic carboxylic acids is 1. The first-order chi connectivity index (χ1) is 11.1. The number of phenols is 1. The van der Waals surface area contributed by atoms with Gasteiger partial charge < -0.3 is 14.9 Å². The first-order valence-corrected chi connectivity index (χ1v) is 6.93. The smallest absolute Gasteiger partial charge is 0.417 e. The molecule has 1 aromatic carbocycles. The van der Waals surface area contributed by atoms with Crippen LogP contribution in [0.15, 0.2) is 30.5 Å². The van der Waals surface area contributed by atoms with Crippen molar-refractivity contribution in [1.29, 1.82) is 0 Å². The van der Waals surface area contributed by atoms with Crippen LogP contribution in [0.1, 0.15) is 12.5 Å². The van der Waals surface area contributed by atoms with Gasteiger partial charge in [-0.3, -0.25) is 4.98 Å². The van der Waals surface area contributed by atoms with Gasteiger partial charge in [-0.05, 0) is 31.2 Å². The van der Waals surface area contributed by atoms with E-state index in [4.69, 9.17) is 21.4 Å². The van der Waals surface area contributed by atoms with Crippen molar-refractivity contribution >= 4 is 17.6 Å². The van der Waals surface area contributed by atoms with Crippen molar-refractivity contribution in [1.82, 2.24) is 4.98 Å². The Bertz CT molecular complexity index is 780. The van der Waals surface area contributed by atoms with E-state index in [9.17, 15) is 23.1 Å². The molecule has 2 rings (SSSR count). The van der Waals surface area contributed by atoms with Gasteiger partial charge in [-0.2, -0.15) is 13.2 Å². The number of rotatable bonds is 4. The fraction of sp³-hybridized carbons (Fsp3) is 0.200. The van der Waals surface area contributed by atoms with Crippen molar-refractivity contribution in [3.8, 4) is 22.8 Å². The molecule has 128 valence electrons. The van der Waals surface area contributed by atoms with E-state index >= 15 is 0 Å². The number of aromatic nitrogens is 1. The van der Waals surface area contributed by atoms with E-state index in [2.05, 4.69) is 4.98 Å². The van der Waals surface area contributed by atoms with Gasteiger partial charge in [0, 0.05) is 11.8 Å². The first-order valence-electron chi connectivity index (χ1n) is 6.55. The standard InChI is InChI=1S/C15H11ClF3NO4/c1-7(14(22)23)24-12-3-2-8(4-11(12)21)13-10(16)5-9(6-20-13)15(17,18)19/h2-7,21H,1H3,(H,22,23). The predicted molar refractivity (Wildman–Crippen MR) is 79.1 cm³/mol. The summed E-state index contributed by atoms with van der Waals surface area (Å²) >= 11 is 5.83. The molecule has 1 unspecified atom stereocenters. The molecule has 9 heteroatoms. The van der Waals surface area contributed by atoms with Crippen LogP contribution in [0.3, 0.4) is 0 Å². The molecule has 0 saturated carbocycles. The molecule has 0 saturated heterocycles. The largest absolute Gasteiger partial charge is 0.504 e. The number of carboxylic acid groups (broad SMARTS) is 1. The van der Waals surface area contributed by atoms with E-state index in [1.807, 2.05) is 0 Å². The Labute approximate surface area is 139 Å². The van der Waals surface area contributed by atoms with Crippen LogP contribution in [0, 0.1) is 0 Å². The summed E-state index contributed by atoms with van der Waals surface area (Å²) in [6.07, 6.45) is -5.12. The van der Waals surface area contributed by atoms with Crippen molar-refractivity contribution in [2.45, 2.75) is 19.2 Å². The number of aromatic hydroxyl groups is 1. The molecular weight excluding hydrogens is 351 g/mol. The monoisotopic (exact) mass is 361 g/mol. The second-order valence-corrected chi connectivity index (χ2v) is 5.24. The molecular formula is C15H11ClF3NO4. The van der Waals surface area contributed by atoms with Gasteiger partial charge >= 0.3 is 12.1 Å². The minimum absolute atomic E-state index is 0.0396. The van der Waals surface area contributed by atoms with Gasteiger partial charge in [0.1, 0.15) is 0 Å². The number of ether oxygens (including phenoxy) is 1. The lowest BCUT2D eigenvalue weighted by Crippen LogP contribution is -2.22. The molecule has 0 spiro atoms. The van der Waals surface area contributed by atoms with E-state index in [1.54, 1.807) is 0 Å². The molecule has 0 radical (unpaired) electrons. The minimum Gasteiger partial charge on any atom is -0.504 e. The van der Waals surface area contributed by atoms with Crippen LogP contribution >= 0.6 is 11.6 Å². The van der Waals surface area contributed by atoms with Gasteiger partial charge in [0.2, 0.25) is 0 Å². The molecule has 0 fully saturated rings. The molecule has 0 amide bonds. The Hall–Kier alpha value is -2.48. The molecule has 5 nitrogen and oxygen atoms in total. The van der Waals surface area contributed by atoms with Crippen LogP contribution in [0.2, 0.25) is 5.02 Å². The molecule has 1 heterocycles. The van der Waals surface area contributed by atoms with Crippen molar-refractivity contribution in [3.05, 3.63) is 41.0 Å². The summed E-state index contributed by atoms with van der Waals surface area (Å²) in [5.41, 5.74) is -0.699. The van der Waals surface area contributed by atoms with Crippen molar-refractivity contribution in [2.75, 3.05) is 0 Å². The fourth-order valence-corrected chi connectivity index (χ4v) is 2.09. The van der Waals surface area contributed by atoms with Crippen LogP contribution in [0.25, 0.3) is 11.3 Å². The van der Waals surface area contributed by atoms with Crippen molar-refractivity contribution < 1.29 is 32.9 Å². The Balaban J connectivity index is 2.34. The number of phenolic OH excluding ortho intramolecular Hbond substituents is 1. The zero-order valence-corrected chi connectivity index (χ0v) is 12.9. The molecule has 1 atom stereocenters. The van der Waals surface area contributed by atoms with Crippen LogP contribution in [0.4, 0.5) is 13.2 Å². The maximum Gasteiger partial charge on any atom is 0.417 e. The number of halogens is 4. The van der Waals surface area contributed by atoms with Crippen LogP contribution in [-0.4, -0.2) is 27.3 Å². The van der Waals surface area contributed by atoms with Crippen LogP contribution in [0.5, 0.6) is 11.5 Å². The highest BCUT2D eigenvalue weighted by Crippen LogP contribution is 2.37. The van der Waals surface area contributed by atoms with E-state index in [-0.39, 0.29) is 22.0 Å². The number of carbonyl (C=O) groups is 1. The SMILES string of the molecule is CC(Oc1ccc(-c2ncc(C(F)(F)F)cc2Cl)cc1O)C(=O)O. The summed E-state index contributed by atoms with van der Waals surface area (Å²) in [5, 5.41) is 18.4. The Morgan fingerprint density at radius 1 is 1.33 bits per heavy atom. The highest BCUT2D eigenvalue weighted by molar-refractivity contribution is 6.33. The molecule has 0 aliphatic rings. The van der Waals surface area contributed by atoms with Gasteiger partial charge in [0.15, 0.2) is 17.6 Å². The highest BCUT2D eigenvalue weighted by atomic mass is 35.5. The molecule has 0 aliphatic heterocycles. The summed E-state index contributed by atoms with van der Waals surface area (Å²) in [6, 6.07) is 4.58. The Morgan fingerprint density at radius 2 is 2.00 bits per heavy atom. The molecule has 0 aliphatic carbocycles. The van der Waals surface area contributed by atoms with Crippen molar-refractivity contribution in [3.63, 3.8) is 0 Å². The minimum atomic E-state index is -4.57.